The number of carbonyl (C=O) groups excluding carboxylic acids is 1. The van der Waals surface area contributed by atoms with Gasteiger partial charge in [-0.3, -0.25) is 9.48 Å². The van der Waals surface area contributed by atoms with Crippen molar-refractivity contribution in [2.24, 2.45) is 0 Å². The van der Waals surface area contributed by atoms with E-state index in [9.17, 15) is 4.79 Å². The molecule has 0 bridgehead atoms. The van der Waals surface area contributed by atoms with Gasteiger partial charge in [0.15, 0.2) is 0 Å². The zero-order valence-corrected chi connectivity index (χ0v) is 14.5. The summed E-state index contributed by atoms with van der Waals surface area (Å²) in [4.78, 5) is 12.8. The Balaban J connectivity index is 1.33. The number of nitrogens with one attached hydrogen (secondary N) is 2. The molecule has 1 aliphatic heterocycles. The molecule has 2 N–H and O–H groups in total. The van der Waals surface area contributed by atoms with Crippen molar-refractivity contribution in [3.05, 3.63) is 54.4 Å². The third-order valence-corrected chi connectivity index (χ3v) is 5.67. The van der Waals surface area contributed by atoms with Gasteiger partial charge in [-0.05, 0) is 50.3 Å². The van der Waals surface area contributed by atoms with Crippen molar-refractivity contribution in [1.82, 2.24) is 20.4 Å². The van der Waals surface area contributed by atoms with Crippen LogP contribution < -0.4 is 10.6 Å². The van der Waals surface area contributed by atoms with E-state index in [1.165, 1.54) is 5.56 Å². The Morgan fingerprint density at radius 3 is 2.60 bits per heavy atom. The molecule has 1 aromatic carbocycles. The van der Waals surface area contributed by atoms with Gasteiger partial charge < -0.3 is 10.6 Å². The lowest BCUT2D eigenvalue weighted by Gasteiger charge is -2.30. The van der Waals surface area contributed by atoms with E-state index in [0.29, 0.717) is 6.04 Å². The van der Waals surface area contributed by atoms with E-state index in [2.05, 4.69) is 44.7 Å². The molecule has 1 saturated carbocycles. The summed E-state index contributed by atoms with van der Waals surface area (Å²) in [5, 5.41) is 11.0. The first-order valence-corrected chi connectivity index (χ1v) is 9.39. The third kappa shape index (κ3) is 3.61. The van der Waals surface area contributed by atoms with Crippen molar-refractivity contribution in [3.8, 4) is 0 Å². The van der Waals surface area contributed by atoms with Gasteiger partial charge in [0.2, 0.25) is 5.91 Å². The second-order valence-corrected chi connectivity index (χ2v) is 7.24. The zero-order valence-electron chi connectivity index (χ0n) is 14.5. The number of rotatable bonds is 4. The normalized spacial score (nSPS) is 29.4. The second kappa shape index (κ2) is 7.40. The highest BCUT2D eigenvalue weighted by Crippen LogP contribution is 2.30. The Bertz CT molecular complexity index is 677. The Morgan fingerprint density at radius 2 is 1.88 bits per heavy atom. The van der Waals surface area contributed by atoms with E-state index in [1.807, 2.05) is 24.5 Å². The van der Waals surface area contributed by atoms with Crippen LogP contribution in [0.3, 0.4) is 0 Å². The summed E-state index contributed by atoms with van der Waals surface area (Å²) in [6.07, 6.45) is 9.10. The SMILES string of the molecule is O=C(NC1CCC(n2cccn2)CC1)[C@H]1NCC[C@@H]1c1ccccc1. The van der Waals surface area contributed by atoms with E-state index in [1.54, 1.807) is 0 Å². The largest absolute Gasteiger partial charge is 0.352 e. The van der Waals surface area contributed by atoms with Crippen LogP contribution >= 0.6 is 0 Å². The average molecular weight is 338 g/mol. The van der Waals surface area contributed by atoms with Crippen molar-refractivity contribution < 1.29 is 4.79 Å². The highest BCUT2D eigenvalue weighted by Gasteiger charge is 2.35. The van der Waals surface area contributed by atoms with Gasteiger partial charge in [-0.25, -0.2) is 0 Å². The monoisotopic (exact) mass is 338 g/mol. The summed E-state index contributed by atoms with van der Waals surface area (Å²) in [5.74, 6) is 0.440. The molecule has 0 unspecified atom stereocenters. The van der Waals surface area contributed by atoms with Gasteiger partial charge in [-0.1, -0.05) is 30.3 Å². The summed E-state index contributed by atoms with van der Waals surface area (Å²) >= 11 is 0. The standard InChI is InChI=1S/C20H26N4O/c25-20(19-18(11-13-21-19)15-5-2-1-3-6-15)23-16-7-9-17(10-8-16)24-14-4-12-22-24/h1-6,12,14,16-19,21H,7-11,13H2,(H,23,25)/t16?,17?,18-,19+/m1/s1. The number of benzene rings is 1. The Labute approximate surface area is 148 Å². The van der Waals surface area contributed by atoms with Gasteiger partial charge in [0, 0.05) is 24.4 Å². The predicted octanol–water partition coefficient (Wildman–Crippen LogP) is 2.63. The molecule has 2 aliphatic rings. The van der Waals surface area contributed by atoms with Crippen LogP contribution in [0.4, 0.5) is 0 Å². The fourth-order valence-corrected chi connectivity index (χ4v) is 4.31. The van der Waals surface area contributed by atoms with Crippen molar-refractivity contribution in [3.63, 3.8) is 0 Å². The summed E-state index contributed by atoms with van der Waals surface area (Å²) in [6.45, 7) is 0.906. The van der Waals surface area contributed by atoms with Crippen LogP contribution in [0.2, 0.25) is 0 Å². The van der Waals surface area contributed by atoms with Crippen LogP contribution in [0.25, 0.3) is 0 Å². The topological polar surface area (TPSA) is 59.0 Å². The molecular formula is C20H26N4O. The van der Waals surface area contributed by atoms with Crippen LogP contribution in [0.1, 0.15) is 49.6 Å². The van der Waals surface area contributed by atoms with Crippen LogP contribution in [-0.4, -0.2) is 34.3 Å². The molecule has 5 heteroatoms. The molecule has 5 nitrogen and oxygen atoms in total. The molecule has 1 amide bonds. The van der Waals surface area contributed by atoms with E-state index in [0.717, 1.165) is 38.6 Å². The fraction of sp³-hybridized carbons (Fsp3) is 0.500. The number of hydrogen-bond acceptors (Lipinski definition) is 3. The summed E-state index contributed by atoms with van der Waals surface area (Å²) in [5.41, 5.74) is 1.26. The summed E-state index contributed by atoms with van der Waals surface area (Å²) in [6, 6.07) is 13.0. The highest BCUT2D eigenvalue weighted by molar-refractivity contribution is 5.83. The average Bonchev–Trinajstić information content (AvgIpc) is 3.35. The molecule has 25 heavy (non-hydrogen) atoms. The lowest BCUT2D eigenvalue weighted by Crippen LogP contribution is -2.48. The number of nitrogens with zero attached hydrogens (tertiary/aromatic N) is 2. The van der Waals surface area contributed by atoms with Gasteiger partial charge >= 0.3 is 0 Å². The number of carbonyl (C=O) groups is 1. The van der Waals surface area contributed by atoms with E-state index in [-0.39, 0.29) is 23.9 Å². The first-order chi connectivity index (χ1) is 12.3. The Hall–Kier alpha value is -2.14. The van der Waals surface area contributed by atoms with Crippen LogP contribution in [0, 0.1) is 0 Å². The first kappa shape index (κ1) is 16.3. The molecule has 2 atom stereocenters. The predicted molar refractivity (Wildman–Crippen MR) is 97.3 cm³/mol. The van der Waals surface area contributed by atoms with Crippen molar-refractivity contribution >= 4 is 5.91 Å². The van der Waals surface area contributed by atoms with Crippen LogP contribution in [0.15, 0.2) is 48.8 Å². The molecule has 2 aromatic rings. The van der Waals surface area contributed by atoms with Crippen molar-refractivity contribution in [1.29, 1.82) is 0 Å². The van der Waals surface area contributed by atoms with Crippen LogP contribution in [-0.2, 0) is 4.79 Å². The van der Waals surface area contributed by atoms with E-state index >= 15 is 0 Å². The Kier molecular flexibility index (Phi) is 4.83. The van der Waals surface area contributed by atoms with Crippen molar-refractivity contribution in [2.75, 3.05) is 6.54 Å². The number of hydrogen-bond donors (Lipinski definition) is 2. The Morgan fingerprint density at radius 1 is 1.08 bits per heavy atom. The maximum atomic E-state index is 12.8. The van der Waals surface area contributed by atoms with Crippen molar-refractivity contribution in [2.45, 2.75) is 56.1 Å². The molecule has 2 heterocycles. The smallest absolute Gasteiger partial charge is 0.237 e. The summed E-state index contributed by atoms with van der Waals surface area (Å²) in [7, 11) is 0. The second-order valence-electron chi connectivity index (χ2n) is 7.24. The minimum absolute atomic E-state index is 0.105. The van der Waals surface area contributed by atoms with Crippen LogP contribution in [0.5, 0.6) is 0 Å². The zero-order chi connectivity index (χ0) is 17.1. The molecule has 4 rings (SSSR count). The summed E-state index contributed by atoms with van der Waals surface area (Å²) < 4.78 is 2.06. The quantitative estimate of drug-likeness (QED) is 0.901. The van der Waals surface area contributed by atoms with Gasteiger partial charge in [0.05, 0.1) is 12.1 Å². The maximum absolute atomic E-state index is 12.8. The fourth-order valence-electron chi connectivity index (χ4n) is 4.31. The van der Waals surface area contributed by atoms with Gasteiger partial charge in [-0.2, -0.15) is 5.10 Å². The minimum atomic E-state index is -0.105. The molecule has 1 saturated heterocycles. The number of amides is 1. The minimum Gasteiger partial charge on any atom is -0.352 e. The lowest BCUT2D eigenvalue weighted by atomic mass is 9.89. The lowest BCUT2D eigenvalue weighted by molar-refractivity contribution is -0.124. The molecule has 0 spiro atoms. The van der Waals surface area contributed by atoms with E-state index in [4.69, 9.17) is 0 Å². The third-order valence-electron chi connectivity index (χ3n) is 5.67. The van der Waals surface area contributed by atoms with Gasteiger partial charge in [-0.15, -0.1) is 0 Å². The maximum Gasteiger partial charge on any atom is 0.237 e. The molecule has 2 fully saturated rings. The molecular weight excluding hydrogens is 312 g/mol. The molecule has 1 aliphatic carbocycles. The van der Waals surface area contributed by atoms with Gasteiger partial charge in [0.1, 0.15) is 0 Å². The first-order valence-electron chi connectivity index (χ1n) is 9.39. The van der Waals surface area contributed by atoms with E-state index < -0.39 is 0 Å². The molecule has 1 aromatic heterocycles. The highest BCUT2D eigenvalue weighted by atomic mass is 16.2. The molecule has 0 radical (unpaired) electrons. The molecule has 132 valence electrons. The van der Waals surface area contributed by atoms with Gasteiger partial charge in [0.25, 0.3) is 0 Å². The number of aromatic nitrogens is 2.